The minimum Gasteiger partial charge on any atom is -0.466 e. The van der Waals surface area contributed by atoms with Crippen LogP contribution in [0.1, 0.15) is 30.4 Å². The first-order valence-corrected chi connectivity index (χ1v) is 5.26. The second kappa shape index (κ2) is 5.44. The maximum Gasteiger partial charge on any atom is 0.306 e. The van der Waals surface area contributed by atoms with Gasteiger partial charge >= 0.3 is 5.97 Å². The number of hydrogen-bond donors (Lipinski definition) is 1. The van der Waals surface area contributed by atoms with Gasteiger partial charge in [0, 0.05) is 17.7 Å². The van der Waals surface area contributed by atoms with Gasteiger partial charge in [0.2, 0.25) is 0 Å². The highest BCUT2D eigenvalue weighted by atomic mass is 16.5. The number of rotatable bonds is 4. The molecule has 0 fully saturated rings. The van der Waals surface area contributed by atoms with Gasteiger partial charge in [0.05, 0.1) is 6.61 Å². The quantitative estimate of drug-likeness (QED) is 0.771. The summed E-state index contributed by atoms with van der Waals surface area (Å²) < 4.78 is 4.80. The number of nitrogens with one attached hydrogen (secondary N) is 1. The van der Waals surface area contributed by atoms with Crippen molar-refractivity contribution in [3.8, 4) is 0 Å². The topological polar surface area (TPSA) is 72.0 Å². The van der Waals surface area contributed by atoms with Crippen LogP contribution in [0, 0.1) is 13.8 Å². The standard InChI is InChI=1S/C11H16N2O3/c1-4-16-10(14)6-5-9-7(2)12-8(3)13-11(9)15/h4-6H2,1-3H3,(H,12,13,15). The van der Waals surface area contributed by atoms with Crippen LogP contribution in [0.2, 0.25) is 0 Å². The van der Waals surface area contributed by atoms with Crippen molar-refractivity contribution >= 4 is 5.97 Å². The van der Waals surface area contributed by atoms with Crippen molar-refractivity contribution in [2.75, 3.05) is 6.61 Å². The molecule has 0 aliphatic carbocycles. The van der Waals surface area contributed by atoms with Crippen molar-refractivity contribution in [1.82, 2.24) is 9.97 Å². The number of ether oxygens (including phenoxy) is 1. The molecule has 0 atom stereocenters. The molecule has 0 unspecified atom stereocenters. The molecule has 0 radical (unpaired) electrons. The monoisotopic (exact) mass is 224 g/mol. The molecule has 0 saturated carbocycles. The lowest BCUT2D eigenvalue weighted by Crippen LogP contribution is -2.19. The molecular formula is C11H16N2O3. The Kier molecular flexibility index (Phi) is 4.22. The van der Waals surface area contributed by atoms with Crippen LogP contribution in [0.25, 0.3) is 0 Å². The fourth-order valence-electron chi connectivity index (χ4n) is 1.51. The number of carbonyl (C=O) groups excluding carboxylic acids is 1. The van der Waals surface area contributed by atoms with E-state index in [1.54, 1.807) is 20.8 Å². The van der Waals surface area contributed by atoms with E-state index in [9.17, 15) is 9.59 Å². The molecule has 16 heavy (non-hydrogen) atoms. The number of aromatic nitrogens is 2. The number of H-pyrrole nitrogens is 1. The molecule has 5 heteroatoms. The van der Waals surface area contributed by atoms with Crippen LogP contribution in [-0.4, -0.2) is 22.5 Å². The molecule has 5 nitrogen and oxygen atoms in total. The Balaban J connectivity index is 2.75. The van der Waals surface area contributed by atoms with E-state index in [4.69, 9.17) is 4.74 Å². The Morgan fingerprint density at radius 3 is 2.69 bits per heavy atom. The maximum atomic E-state index is 11.6. The molecule has 1 rings (SSSR count). The van der Waals surface area contributed by atoms with Gasteiger partial charge in [0.1, 0.15) is 5.82 Å². The highest BCUT2D eigenvalue weighted by molar-refractivity contribution is 5.69. The lowest BCUT2D eigenvalue weighted by atomic mass is 10.1. The largest absolute Gasteiger partial charge is 0.466 e. The second-order valence-corrected chi connectivity index (χ2v) is 3.52. The third-order valence-corrected chi connectivity index (χ3v) is 2.23. The predicted octanol–water partition coefficient (Wildman–Crippen LogP) is 0.882. The zero-order valence-corrected chi connectivity index (χ0v) is 9.79. The molecule has 1 aromatic heterocycles. The molecule has 1 N–H and O–H groups in total. The molecule has 0 saturated heterocycles. The van der Waals surface area contributed by atoms with Gasteiger partial charge in [0.25, 0.3) is 5.56 Å². The Hall–Kier alpha value is -1.65. The van der Waals surface area contributed by atoms with Crippen molar-refractivity contribution < 1.29 is 9.53 Å². The molecular weight excluding hydrogens is 208 g/mol. The Bertz CT molecular complexity index is 437. The predicted molar refractivity (Wildman–Crippen MR) is 59.3 cm³/mol. The fourth-order valence-corrected chi connectivity index (χ4v) is 1.51. The number of aryl methyl sites for hydroxylation is 2. The lowest BCUT2D eigenvalue weighted by Gasteiger charge is -2.04. The van der Waals surface area contributed by atoms with Crippen molar-refractivity contribution in [3.05, 3.63) is 27.4 Å². The molecule has 0 aliphatic rings. The molecule has 88 valence electrons. The van der Waals surface area contributed by atoms with E-state index in [0.29, 0.717) is 30.1 Å². The molecule has 0 spiro atoms. The average molecular weight is 224 g/mol. The van der Waals surface area contributed by atoms with Gasteiger partial charge in [-0.3, -0.25) is 9.59 Å². The fraction of sp³-hybridized carbons (Fsp3) is 0.545. The van der Waals surface area contributed by atoms with Gasteiger partial charge in [-0.15, -0.1) is 0 Å². The molecule has 0 aromatic carbocycles. The van der Waals surface area contributed by atoms with Gasteiger partial charge < -0.3 is 9.72 Å². The van der Waals surface area contributed by atoms with Crippen LogP contribution in [-0.2, 0) is 16.0 Å². The van der Waals surface area contributed by atoms with Crippen LogP contribution < -0.4 is 5.56 Å². The maximum absolute atomic E-state index is 11.6. The van der Waals surface area contributed by atoms with Crippen molar-refractivity contribution in [2.45, 2.75) is 33.6 Å². The lowest BCUT2D eigenvalue weighted by molar-refractivity contribution is -0.143. The minimum absolute atomic E-state index is 0.172. The summed E-state index contributed by atoms with van der Waals surface area (Å²) in [6.45, 7) is 5.61. The van der Waals surface area contributed by atoms with E-state index in [2.05, 4.69) is 9.97 Å². The van der Waals surface area contributed by atoms with Crippen LogP contribution in [0.5, 0.6) is 0 Å². The van der Waals surface area contributed by atoms with Crippen LogP contribution >= 0.6 is 0 Å². The van der Waals surface area contributed by atoms with Crippen LogP contribution in [0.4, 0.5) is 0 Å². The normalized spacial score (nSPS) is 10.2. The van der Waals surface area contributed by atoms with Gasteiger partial charge in [-0.2, -0.15) is 0 Å². The van der Waals surface area contributed by atoms with E-state index in [0.717, 1.165) is 0 Å². The summed E-state index contributed by atoms with van der Waals surface area (Å²) in [5, 5.41) is 0. The summed E-state index contributed by atoms with van der Waals surface area (Å²) in [6.07, 6.45) is 0.579. The second-order valence-electron chi connectivity index (χ2n) is 3.52. The molecule has 0 amide bonds. The van der Waals surface area contributed by atoms with Crippen molar-refractivity contribution in [1.29, 1.82) is 0 Å². The number of esters is 1. The van der Waals surface area contributed by atoms with Gasteiger partial charge in [-0.1, -0.05) is 0 Å². The number of nitrogens with zero attached hydrogens (tertiary/aromatic N) is 1. The number of carbonyl (C=O) groups is 1. The summed E-state index contributed by atoms with van der Waals surface area (Å²) in [5.41, 5.74) is 1.05. The van der Waals surface area contributed by atoms with Crippen LogP contribution in [0.3, 0.4) is 0 Å². The summed E-state index contributed by atoms with van der Waals surface area (Å²) in [7, 11) is 0. The molecule has 0 aliphatic heterocycles. The van der Waals surface area contributed by atoms with Gasteiger partial charge in [-0.05, 0) is 27.2 Å². The van der Waals surface area contributed by atoms with E-state index in [-0.39, 0.29) is 17.9 Å². The van der Waals surface area contributed by atoms with Crippen molar-refractivity contribution in [3.63, 3.8) is 0 Å². The first kappa shape index (κ1) is 12.4. The highest BCUT2D eigenvalue weighted by Crippen LogP contribution is 2.03. The Labute approximate surface area is 93.9 Å². The summed E-state index contributed by atoms with van der Waals surface area (Å²) in [5.74, 6) is 0.296. The summed E-state index contributed by atoms with van der Waals surface area (Å²) in [4.78, 5) is 29.5. The highest BCUT2D eigenvalue weighted by Gasteiger charge is 2.09. The van der Waals surface area contributed by atoms with Gasteiger partial charge in [-0.25, -0.2) is 4.98 Å². The number of aromatic amines is 1. The van der Waals surface area contributed by atoms with E-state index in [1.165, 1.54) is 0 Å². The van der Waals surface area contributed by atoms with Crippen molar-refractivity contribution in [2.24, 2.45) is 0 Å². The van der Waals surface area contributed by atoms with E-state index >= 15 is 0 Å². The third-order valence-electron chi connectivity index (χ3n) is 2.23. The molecule has 1 aromatic rings. The third kappa shape index (κ3) is 3.18. The Morgan fingerprint density at radius 1 is 1.44 bits per heavy atom. The average Bonchev–Trinajstić information content (AvgIpc) is 2.16. The van der Waals surface area contributed by atoms with E-state index < -0.39 is 0 Å². The first-order chi connectivity index (χ1) is 7.54. The van der Waals surface area contributed by atoms with E-state index in [1.807, 2.05) is 0 Å². The molecule has 0 bridgehead atoms. The smallest absolute Gasteiger partial charge is 0.306 e. The first-order valence-electron chi connectivity index (χ1n) is 5.26. The zero-order chi connectivity index (χ0) is 12.1. The SMILES string of the molecule is CCOC(=O)CCc1c(C)nc(C)[nH]c1=O. The van der Waals surface area contributed by atoms with Gasteiger partial charge in [0.15, 0.2) is 0 Å². The van der Waals surface area contributed by atoms with Crippen LogP contribution in [0.15, 0.2) is 4.79 Å². The molecule has 1 heterocycles. The summed E-state index contributed by atoms with van der Waals surface area (Å²) in [6, 6.07) is 0. The minimum atomic E-state index is -0.290. The summed E-state index contributed by atoms with van der Waals surface area (Å²) >= 11 is 0. The Morgan fingerprint density at radius 2 is 2.12 bits per heavy atom. The zero-order valence-electron chi connectivity index (χ0n) is 9.79. The number of hydrogen-bond acceptors (Lipinski definition) is 4.